The molecule has 0 aliphatic rings. The highest BCUT2D eigenvalue weighted by atomic mass is 19.1. The molecule has 0 aliphatic heterocycles. The Morgan fingerprint density at radius 1 is 1.00 bits per heavy atom. The standard InChI is InChI=1S/C19H16FN5/c1-13-23-18(22-12-15-2-6-16(20)7-3-15)10-19(24-13)25-17-8-4-14(11-21)5-9-17/h2-10H,12H2,1H3,(H2,22,23,24,25). The van der Waals surface area contributed by atoms with E-state index in [9.17, 15) is 4.39 Å². The van der Waals surface area contributed by atoms with E-state index in [0.29, 0.717) is 29.6 Å². The minimum absolute atomic E-state index is 0.254. The molecule has 0 atom stereocenters. The van der Waals surface area contributed by atoms with Crippen LogP contribution in [0.3, 0.4) is 0 Å². The highest BCUT2D eigenvalue weighted by molar-refractivity contribution is 5.60. The Labute approximate surface area is 145 Å². The lowest BCUT2D eigenvalue weighted by Gasteiger charge is -2.10. The van der Waals surface area contributed by atoms with Crippen LogP contribution in [0.5, 0.6) is 0 Å². The second-order valence-corrected chi connectivity index (χ2v) is 5.48. The zero-order valence-corrected chi connectivity index (χ0v) is 13.6. The first-order chi connectivity index (χ1) is 12.1. The summed E-state index contributed by atoms with van der Waals surface area (Å²) in [5.41, 5.74) is 2.40. The highest BCUT2D eigenvalue weighted by Crippen LogP contribution is 2.18. The van der Waals surface area contributed by atoms with Crippen LogP contribution in [0, 0.1) is 24.1 Å². The van der Waals surface area contributed by atoms with Crippen molar-refractivity contribution in [2.75, 3.05) is 10.6 Å². The number of aromatic nitrogens is 2. The fourth-order valence-electron chi connectivity index (χ4n) is 2.29. The van der Waals surface area contributed by atoms with Gasteiger partial charge in [-0.15, -0.1) is 0 Å². The molecule has 6 heteroatoms. The van der Waals surface area contributed by atoms with Gasteiger partial charge >= 0.3 is 0 Å². The van der Waals surface area contributed by atoms with Gasteiger partial charge < -0.3 is 10.6 Å². The first-order valence-corrected chi connectivity index (χ1v) is 7.73. The summed E-state index contributed by atoms with van der Waals surface area (Å²) in [7, 11) is 0. The Morgan fingerprint density at radius 3 is 2.36 bits per heavy atom. The van der Waals surface area contributed by atoms with Crippen molar-refractivity contribution < 1.29 is 4.39 Å². The average molecular weight is 333 g/mol. The molecule has 2 aromatic carbocycles. The molecular formula is C19H16FN5. The van der Waals surface area contributed by atoms with E-state index < -0.39 is 0 Å². The van der Waals surface area contributed by atoms with E-state index in [2.05, 4.69) is 26.7 Å². The van der Waals surface area contributed by atoms with Crippen molar-refractivity contribution >= 4 is 17.3 Å². The predicted molar refractivity (Wildman–Crippen MR) is 94.9 cm³/mol. The van der Waals surface area contributed by atoms with Gasteiger partial charge in [-0.05, 0) is 48.9 Å². The van der Waals surface area contributed by atoms with Crippen LogP contribution in [-0.4, -0.2) is 9.97 Å². The van der Waals surface area contributed by atoms with Crippen LogP contribution >= 0.6 is 0 Å². The van der Waals surface area contributed by atoms with Gasteiger partial charge in [-0.1, -0.05) is 12.1 Å². The summed E-state index contributed by atoms with van der Waals surface area (Å²) >= 11 is 0. The fraction of sp³-hybridized carbons (Fsp3) is 0.105. The summed E-state index contributed by atoms with van der Waals surface area (Å²) in [5, 5.41) is 15.2. The molecule has 1 heterocycles. The van der Waals surface area contributed by atoms with E-state index in [1.807, 2.05) is 19.1 Å². The number of nitrogens with one attached hydrogen (secondary N) is 2. The molecule has 5 nitrogen and oxygen atoms in total. The van der Waals surface area contributed by atoms with E-state index in [1.165, 1.54) is 12.1 Å². The van der Waals surface area contributed by atoms with Crippen molar-refractivity contribution in [2.24, 2.45) is 0 Å². The number of nitriles is 1. The van der Waals surface area contributed by atoms with Crippen LogP contribution in [0.25, 0.3) is 0 Å². The molecule has 3 aromatic rings. The Kier molecular flexibility index (Phi) is 4.86. The Hall–Kier alpha value is -3.46. The van der Waals surface area contributed by atoms with Gasteiger partial charge in [-0.2, -0.15) is 5.26 Å². The molecule has 124 valence electrons. The van der Waals surface area contributed by atoms with Gasteiger partial charge in [0.25, 0.3) is 0 Å². The molecule has 0 aliphatic carbocycles. The number of rotatable bonds is 5. The third-order valence-corrected chi connectivity index (χ3v) is 3.51. The lowest BCUT2D eigenvalue weighted by atomic mass is 10.2. The van der Waals surface area contributed by atoms with E-state index in [4.69, 9.17) is 5.26 Å². The molecule has 0 spiro atoms. The molecule has 0 radical (unpaired) electrons. The molecular weight excluding hydrogens is 317 g/mol. The number of hydrogen-bond acceptors (Lipinski definition) is 5. The quantitative estimate of drug-likeness (QED) is 0.734. The van der Waals surface area contributed by atoms with Crippen LogP contribution < -0.4 is 10.6 Å². The van der Waals surface area contributed by atoms with Crippen molar-refractivity contribution in [1.82, 2.24) is 9.97 Å². The second kappa shape index (κ2) is 7.41. The third kappa shape index (κ3) is 4.52. The summed E-state index contributed by atoms with van der Waals surface area (Å²) in [4.78, 5) is 8.72. The van der Waals surface area contributed by atoms with Crippen LogP contribution in [0.2, 0.25) is 0 Å². The highest BCUT2D eigenvalue weighted by Gasteiger charge is 2.03. The van der Waals surface area contributed by atoms with Gasteiger partial charge in [0.2, 0.25) is 0 Å². The Morgan fingerprint density at radius 2 is 1.68 bits per heavy atom. The van der Waals surface area contributed by atoms with Crippen LogP contribution in [0.1, 0.15) is 17.0 Å². The van der Waals surface area contributed by atoms with E-state index in [0.717, 1.165) is 11.3 Å². The monoisotopic (exact) mass is 333 g/mol. The lowest BCUT2D eigenvalue weighted by Crippen LogP contribution is -2.05. The van der Waals surface area contributed by atoms with Gasteiger partial charge in [0, 0.05) is 18.3 Å². The predicted octanol–water partition coefficient (Wildman–Crippen LogP) is 4.15. The number of anilines is 3. The topological polar surface area (TPSA) is 73.6 Å². The second-order valence-electron chi connectivity index (χ2n) is 5.48. The van der Waals surface area contributed by atoms with E-state index in [-0.39, 0.29) is 5.82 Å². The third-order valence-electron chi connectivity index (χ3n) is 3.51. The normalized spacial score (nSPS) is 10.1. The molecule has 0 saturated carbocycles. The van der Waals surface area contributed by atoms with Crippen LogP contribution in [0.4, 0.5) is 21.7 Å². The van der Waals surface area contributed by atoms with Crippen molar-refractivity contribution in [3.63, 3.8) is 0 Å². The minimum Gasteiger partial charge on any atom is -0.366 e. The molecule has 0 bridgehead atoms. The molecule has 0 amide bonds. The number of aryl methyl sites for hydroxylation is 1. The smallest absolute Gasteiger partial charge is 0.136 e. The van der Waals surface area contributed by atoms with Gasteiger partial charge in [-0.3, -0.25) is 0 Å². The molecule has 3 rings (SSSR count). The van der Waals surface area contributed by atoms with Crippen molar-refractivity contribution in [3.8, 4) is 6.07 Å². The zero-order chi connectivity index (χ0) is 17.6. The number of benzene rings is 2. The maximum Gasteiger partial charge on any atom is 0.136 e. The van der Waals surface area contributed by atoms with E-state index >= 15 is 0 Å². The average Bonchev–Trinajstić information content (AvgIpc) is 2.61. The van der Waals surface area contributed by atoms with Crippen molar-refractivity contribution in [3.05, 3.63) is 77.4 Å². The lowest BCUT2D eigenvalue weighted by molar-refractivity contribution is 0.627. The van der Waals surface area contributed by atoms with Crippen molar-refractivity contribution in [1.29, 1.82) is 5.26 Å². The molecule has 0 unspecified atom stereocenters. The number of hydrogen-bond donors (Lipinski definition) is 2. The summed E-state index contributed by atoms with van der Waals surface area (Å²) < 4.78 is 12.9. The van der Waals surface area contributed by atoms with Crippen molar-refractivity contribution in [2.45, 2.75) is 13.5 Å². The minimum atomic E-state index is -0.254. The first kappa shape index (κ1) is 16.4. The summed E-state index contributed by atoms with van der Waals surface area (Å²) in [6, 6.07) is 17.3. The van der Waals surface area contributed by atoms with Gasteiger partial charge in [0.1, 0.15) is 23.3 Å². The molecule has 1 aromatic heterocycles. The molecule has 0 fully saturated rings. The maximum atomic E-state index is 12.9. The molecule has 0 saturated heterocycles. The number of halogens is 1. The first-order valence-electron chi connectivity index (χ1n) is 7.73. The van der Waals surface area contributed by atoms with Crippen LogP contribution in [-0.2, 0) is 6.54 Å². The van der Waals surface area contributed by atoms with Gasteiger partial charge in [-0.25, -0.2) is 14.4 Å². The number of nitrogens with zero attached hydrogens (tertiary/aromatic N) is 3. The zero-order valence-electron chi connectivity index (χ0n) is 13.6. The molecule has 25 heavy (non-hydrogen) atoms. The Balaban J connectivity index is 1.71. The van der Waals surface area contributed by atoms with E-state index in [1.54, 1.807) is 30.3 Å². The SMILES string of the molecule is Cc1nc(NCc2ccc(F)cc2)cc(Nc2ccc(C#N)cc2)n1. The van der Waals surface area contributed by atoms with Gasteiger partial charge in [0.05, 0.1) is 11.6 Å². The summed E-state index contributed by atoms with van der Waals surface area (Å²) in [6.45, 7) is 2.35. The summed E-state index contributed by atoms with van der Waals surface area (Å²) in [6.07, 6.45) is 0. The van der Waals surface area contributed by atoms with Gasteiger partial charge in [0.15, 0.2) is 0 Å². The fourth-order valence-corrected chi connectivity index (χ4v) is 2.29. The summed E-state index contributed by atoms with van der Waals surface area (Å²) in [5.74, 6) is 1.70. The largest absolute Gasteiger partial charge is 0.366 e. The Bertz CT molecular complexity index is 899. The molecule has 2 N–H and O–H groups in total. The maximum absolute atomic E-state index is 12.9. The van der Waals surface area contributed by atoms with Crippen LogP contribution in [0.15, 0.2) is 54.6 Å².